The van der Waals surface area contributed by atoms with Gasteiger partial charge in [0.15, 0.2) is 0 Å². The van der Waals surface area contributed by atoms with Crippen LogP contribution in [0.4, 0.5) is 49.1 Å². The number of β-amino-alcohol motifs (C(OH)–C–C–N with tert-alkyl or cyclic N) is 2. The lowest BCUT2D eigenvalue weighted by Crippen LogP contribution is -2.41. The molecule has 4 saturated heterocycles. The fraction of sp³-hybridized carbons (Fsp3) is 0.478. The van der Waals surface area contributed by atoms with Crippen LogP contribution < -0.4 is 5.32 Å². The van der Waals surface area contributed by atoms with Gasteiger partial charge in [0.05, 0.1) is 95.3 Å². The monoisotopic (exact) mass is 1290 g/mol. The summed E-state index contributed by atoms with van der Waals surface area (Å²) in [7, 11) is 0. The smallest absolute Gasteiger partial charge is 0.416 e. The number of benzene rings is 3. The highest BCUT2D eigenvalue weighted by Crippen LogP contribution is 2.42. The number of carbonyl (C=O) groups excluding carboxylic acids is 2. The molecule has 0 spiro atoms. The first-order chi connectivity index (χ1) is 43.1. The maximum absolute atomic E-state index is 13.4. The quantitative estimate of drug-likeness (QED) is 0.0952. The van der Waals surface area contributed by atoms with Gasteiger partial charge in [-0.15, -0.1) is 0 Å². The van der Waals surface area contributed by atoms with Crippen molar-refractivity contribution in [2.45, 2.75) is 167 Å². The van der Waals surface area contributed by atoms with E-state index in [1.807, 2.05) is 49.8 Å². The number of H-pyrrole nitrogens is 1. The summed E-state index contributed by atoms with van der Waals surface area (Å²) in [6.45, 7) is 19.7. The Morgan fingerprint density at radius 1 is 0.511 bits per heavy atom. The summed E-state index contributed by atoms with van der Waals surface area (Å²) < 4.78 is 138. The average Bonchev–Trinajstić information content (AvgIpc) is 1.60. The van der Waals surface area contributed by atoms with Gasteiger partial charge < -0.3 is 53.7 Å². The van der Waals surface area contributed by atoms with Crippen molar-refractivity contribution in [3.63, 3.8) is 0 Å². The molecule has 2 amide bonds. The molecule has 13 rings (SSSR count). The summed E-state index contributed by atoms with van der Waals surface area (Å²) in [5.41, 5.74) is 3.28. The molecule has 4 aliphatic heterocycles. The SMILES string of the molecule is CC(C)(C)OC(=O)N1CCCC2OC2C1.Cc1cc2c(cn1)[nH]c1ccc(C(F)(F)F)cc12.Cc1cc2c3cc(C(F)(F)F)ccc3n([C@@H]3CCCN(C(=O)OC(C)(C)C)C[C@H]3O)c2cn1.Cc1cc2c3cc(C(F)(F)F)ccc3n([C@@H]3CCCNC[C@H]3O)c2cn1. The molecule has 3 aromatic carbocycles. The van der Waals surface area contributed by atoms with Crippen molar-refractivity contribution in [1.29, 1.82) is 0 Å². The number of nitrogens with one attached hydrogen (secondary N) is 2. The van der Waals surface area contributed by atoms with Gasteiger partial charge in [-0.25, -0.2) is 9.59 Å². The van der Waals surface area contributed by atoms with Crippen LogP contribution in [0.1, 0.15) is 126 Å². The van der Waals surface area contributed by atoms with Crippen LogP contribution in [0.5, 0.6) is 0 Å². The topological polar surface area (TPSA) is 188 Å². The van der Waals surface area contributed by atoms with E-state index in [0.29, 0.717) is 87.9 Å². The summed E-state index contributed by atoms with van der Waals surface area (Å²) in [5, 5.41) is 28.7. The molecule has 10 heterocycles. The van der Waals surface area contributed by atoms with Crippen molar-refractivity contribution in [2.24, 2.45) is 0 Å². The van der Waals surface area contributed by atoms with E-state index in [0.717, 1.165) is 96.2 Å². The number of aryl methyl sites for hydroxylation is 3. The number of aromatic amines is 1. The largest absolute Gasteiger partial charge is 0.444 e. The van der Waals surface area contributed by atoms with Crippen molar-refractivity contribution in [1.82, 2.24) is 44.2 Å². The fourth-order valence-corrected chi connectivity index (χ4v) is 12.4. The number of aliphatic hydroxyl groups excluding tert-OH is 2. The molecule has 25 heteroatoms. The van der Waals surface area contributed by atoms with Crippen LogP contribution in [-0.2, 0) is 32.7 Å². The molecule has 0 bridgehead atoms. The Morgan fingerprint density at radius 3 is 1.45 bits per heavy atom. The molecule has 4 fully saturated rings. The van der Waals surface area contributed by atoms with E-state index in [1.165, 1.54) is 35.2 Å². The predicted molar refractivity (Wildman–Crippen MR) is 332 cm³/mol. The lowest BCUT2D eigenvalue weighted by atomic mass is 10.1. The van der Waals surface area contributed by atoms with E-state index in [2.05, 4.69) is 25.3 Å². The Labute approximate surface area is 525 Å². The Balaban J connectivity index is 0.000000140. The Hall–Kier alpha value is -7.74. The second-order valence-electron chi connectivity index (χ2n) is 26.1. The van der Waals surface area contributed by atoms with Crippen molar-refractivity contribution < 1.29 is 73.5 Å². The molecular weight excluding hydrogens is 1210 g/mol. The number of pyridine rings is 3. The lowest BCUT2D eigenvalue weighted by Gasteiger charge is -2.29. The minimum Gasteiger partial charge on any atom is -0.444 e. The standard InChI is InChI=1S/C24H28F3N3O3.C19H20F3N3O.C13H9F3N2.C11H19NO3/c1-14-10-16-17-11-15(24(25,26)27)7-8-18(17)30(20(16)12-28-14)19-6-5-9-29(13-21(19)31)22(32)33-23(2,3)4;1-11-7-13-14-8-12(19(20,21)22)4-5-15(14)25(17(13)9-24-11)16-3-2-6-23-10-18(16)26;1-7-4-9-10-5-8(13(14,15)16)2-3-11(10)18-12(9)6-17-7;1-11(2,3)15-10(13)12-6-4-5-8-9(7-12)14-8/h7-8,10-12,19,21,31H,5-6,9,13H2,1-4H3;4-5,7-9,16,18,23,26H,2-3,6,10H2,1H3;2-6,18H,1H3;8-9H,4-7H2,1-3H3/t19-,21-;16-,18-;;/m11../s1. The number of hydrogen-bond acceptors (Lipinski definition) is 11. The number of amides is 2. The molecule has 4 aliphatic rings. The van der Waals surface area contributed by atoms with Gasteiger partial charge in [0.25, 0.3) is 0 Å². The first-order valence-corrected chi connectivity index (χ1v) is 30.7. The second-order valence-corrected chi connectivity index (χ2v) is 26.1. The van der Waals surface area contributed by atoms with Crippen molar-refractivity contribution in [2.75, 3.05) is 39.3 Å². The number of likely N-dealkylation sites (tertiary alicyclic amines) is 2. The van der Waals surface area contributed by atoms with Crippen molar-refractivity contribution in [3.8, 4) is 0 Å². The van der Waals surface area contributed by atoms with Gasteiger partial charge >= 0.3 is 30.7 Å². The number of hydrogen-bond donors (Lipinski definition) is 4. The summed E-state index contributed by atoms with van der Waals surface area (Å²) in [4.78, 5) is 43.5. The average molecular weight is 1290 g/mol. The maximum Gasteiger partial charge on any atom is 0.416 e. The number of fused-ring (bicyclic) bond motifs is 10. The number of carbonyl (C=O) groups is 2. The molecule has 4 N–H and O–H groups in total. The Morgan fingerprint density at radius 2 is 0.935 bits per heavy atom. The number of nitrogens with zero attached hydrogens (tertiary/aromatic N) is 7. The number of epoxide rings is 1. The molecule has 0 radical (unpaired) electrons. The van der Waals surface area contributed by atoms with Gasteiger partial charge in [-0.2, -0.15) is 39.5 Å². The van der Waals surface area contributed by atoms with E-state index in [4.69, 9.17) is 14.2 Å². The van der Waals surface area contributed by atoms with E-state index >= 15 is 0 Å². The van der Waals surface area contributed by atoms with Crippen LogP contribution in [0.3, 0.4) is 0 Å². The molecule has 0 aliphatic carbocycles. The fourth-order valence-electron chi connectivity index (χ4n) is 12.4. The highest BCUT2D eigenvalue weighted by molar-refractivity contribution is 6.10. The van der Waals surface area contributed by atoms with Gasteiger partial charge in [0, 0.05) is 85.6 Å². The zero-order valence-corrected chi connectivity index (χ0v) is 52.6. The van der Waals surface area contributed by atoms with Crippen LogP contribution in [0.15, 0.2) is 91.4 Å². The van der Waals surface area contributed by atoms with Gasteiger partial charge in [-0.1, -0.05) is 0 Å². The van der Waals surface area contributed by atoms with E-state index < -0.39 is 70.8 Å². The number of alkyl halides is 9. The molecule has 0 saturated carbocycles. The second kappa shape index (κ2) is 26.0. The predicted octanol–water partition coefficient (Wildman–Crippen LogP) is 15.1. The van der Waals surface area contributed by atoms with Gasteiger partial charge in [0.2, 0.25) is 0 Å². The summed E-state index contributed by atoms with van der Waals surface area (Å²) >= 11 is 0. The summed E-state index contributed by atoms with van der Waals surface area (Å²) in [6.07, 6.45) is -4.88. The first-order valence-electron chi connectivity index (χ1n) is 30.7. The molecule has 92 heavy (non-hydrogen) atoms. The summed E-state index contributed by atoms with van der Waals surface area (Å²) in [6, 6.07) is 15.9. The number of rotatable bonds is 2. The zero-order chi connectivity index (χ0) is 66.6. The summed E-state index contributed by atoms with van der Waals surface area (Å²) in [5.74, 6) is 0. The molecule has 6 aromatic heterocycles. The molecule has 494 valence electrons. The molecule has 6 atom stereocenters. The van der Waals surface area contributed by atoms with E-state index in [9.17, 15) is 59.3 Å². The Bertz CT molecular complexity index is 4160. The van der Waals surface area contributed by atoms with Crippen LogP contribution >= 0.6 is 0 Å². The normalized spacial score (nSPS) is 20.9. The van der Waals surface area contributed by atoms with Crippen LogP contribution in [-0.4, -0.2) is 136 Å². The van der Waals surface area contributed by atoms with Crippen LogP contribution in [0.25, 0.3) is 65.4 Å². The zero-order valence-electron chi connectivity index (χ0n) is 52.6. The maximum atomic E-state index is 13.4. The van der Waals surface area contributed by atoms with Gasteiger partial charge in [-0.05, 0) is 180 Å². The lowest BCUT2D eigenvalue weighted by molar-refractivity contribution is -0.138. The van der Waals surface area contributed by atoms with E-state index in [-0.39, 0.29) is 24.8 Å². The highest BCUT2D eigenvalue weighted by Gasteiger charge is 2.43. The number of aliphatic hydroxyl groups is 2. The van der Waals surface area contributed by atoms with Crippen molar-refractivity contribution in [3.05, 3.63) is 125 Å². The number of aromatic nitrogens is 6. The molecule has 2 unspecified atom stereocenters. The van der Waals surface area contributed by atoms with Gasteiger partial charge in [-0.3, -0.25) is 15.0 Å². The molecular formula is C67H76F9N9O7. The van der Waals surface area contributed by atoms with Crippen LogP contribution in [0, 0.1) is 20.8 Å². The molecule has 9 aromatic rings. The molecule has 16 nitrogen and oxygen atoms in total. The third kappa shape index (κ3) is 15.3. The minimum absolute atomic E-state index is 0.0701. The van der Waals surface area contributed by atoms with Crippen molar-refractivity contribution >= 4 is 77.6 Å². The van der Waals surface area contributed by atoms with E-state index in [1.54, 1.807) is 63.3 Å². The highest BCUT2D eigenvalue weighted by atomic mass is 19.4. The van der Waals surface area contributed by atoms with Gasteiger partial charge in [0.1, 0.15) is 17.3 Å². The van der Waals surface area contributed by atoms with Crippen LogP contribution in [0.2, 0.25) is 0 Å². The number of halogens is 9. The third-order valence-electron chi connectivity index (χ3n) is 16.7. The third-order valence-corrected chi connectivity index (χ3v) is 16.7. The number of ether oxygens (including phenoxy) is 3. The Kier molecular flexibility index (Phi) is 19.0. The first kappa shape index (κ1) is 67.2. The minimum atomic E-state index is -4.46.